The first-order valence-corrected chi connectivity index (χ1v) is 11.8. The Hall–Kier alpha value is -2.97. The van der Waals surface area contributed by atoms with Gasteiger partial charge in [0.25, 0.3) is 0 Å². The topological polar surface area (TPSA) is 38.9 Å². The van der Waals surface area contributed by atoms with E-state index in [0.29, 0.717) is 22.1 Å². The Morgan fingerprint density at radius 3 is 2.44 bits per heavy atom. The number of oxime groups is 1. The molecule has 0 amide bonds. The average Bonchev–Trinajstić information content (AvgIpc) is 3.11. The summed E-state index contributed by atoms with van der Waals surface area (Å²) in [5.74, 6) is 0.497. The smallest absolute Gasteiger partial charge is 0.391 e. The van der Waals surface area contributed by atoms with Gasteiger partial charge in [0, 0.05) is 21.9 Å². The van der Waals surface area contributed by atoms with Crippen molar-refractivity contribution in [1.29, 1.82) is 0 Å². The van der Waals surface area contributed by atoms with Gasteiger partial charge in [-0.15, -0.1) is 11.8 Å². The fourth-order valence-corrected chi connectivity index (χ4v) is 4.35. The van der Waals surface area contributed by atoms with Crippen LogP contribution in [0.5, 0.6) is 0 Å². The summed E-state index contributed by atoms with van der Waals surface area (Å²) in [6.45, 7) is 3.96. The van der Waals surface area contributed by atoms with Crippen molar-refractivity contribution in [2.45, 2.75) is 31.5 Å². The van der Waals surface area contributed by atoms with Gasteiger partial charge in [0.15, 0.2) is 0 Å². The van der Waals surface area contributed by atoms with Crippen LogP contribution in [0.15, 0.2) is 76.9 Å². The van der Waals surface area contributed by atoms with Crippen LogP contribution >= 0.6 is 23.4 Å². The second kappa shape index (κ2) is 10.1. The third kappa shape index (κ3) is 5.74. The summed E-state index contributed by atoms with van der Waals surface area (Å²) >= 11 is 7.56. The van der Waals surface area contributed by atoms with Gasteiger partial charge in [0.05, 0.1) is 17.0 Å². The summed E-state index contributed by atoms with van der Waals surface area (Å²) in [7, 11) is 0. The number of nitrogens with zero attached hydrogens (tertiary/aromatic N) is 3. The molecule has 4 rings (SSSR count). The van der Waals surface area contributed by atoms with Crippen LogP contribution in [0.25, 0.3) is 5.65 Å². The summed E-state index contributed by atoms with van der Waals surface area (Å²) in [5.41, 5.74) is 4.09. The van der Waals surface area contributed by atoms with Crippen molar-refractivity contribution in [2.24, 2.45) is 5.16 Å². The van der Waals surface area contributed by atoms with Crippen LogP contribution in [0, 0.1) is 13.8 Å². The molecule has 2 aromatic heterocycles. The minimum absolute atomic E-state index is 0.0438. The lowest BCUT2D eigenvalue weighted by molar-refractivity contribution is -0.137. The maximum atomic E-state index is 12.8. The number of aromatic nitrogens is 2. The van der Waals surface area contributed by atoms with E-state index >= 15 is 0 Å². The Morgan fingerprint density at radius 2 is 1.76 bits per heavy atom. The van der Waals surface area contributed by atoms with Gasteiger partial charge < -0.3 is 4.84 Å². The number of aryl methyl sites for hydroxylation is 2. The molecule has 2 aromatic carbocycles. The molecule has 4 aromatic rings. The van der Waals surface area contributed by atoms with Crippen molar-refractivity contribution in [3.8, 4) is 0 Å². The second-order valence-electron chi connectivity index (χ2n) is 7.73. The summed E-state index contributed by atoms with van der Waals surface area (Å²) < 4.78 is 40.4. The number of pyridine rings is 1. The summed E-state index contributed by atoms with van der Waals surface area (Å²) in [6, 6.07) is 16.3. The molecular formula is C25H21ClF3N3OS. The van der Waals surface area contributed by atoms with Crippen LogP contribution in [-0.2, 0) is 17.6 Å². The van der Waals surface area contributed by atoms with Crippen molar-refractivity contribution in [2.75, 3.05) is 5.75 Å². The van der Waals surface area contributed by atoms with Crippen molar-refractivity contribution < 1.29 is 18.0 Å². The van der Waals surface area contributed by atoms with E-state index in [1.165, 1.54) is 12.1 Å². The number of thioether (sulfide) groups is 1. The van der Waals surface area contributed by atoms with Gasteiger partial charge in [-0.2, -0.15) is 13.2 Å². The summed E-state index contributed by atoms with van der Waals surface area (Å²) in [5, 5.41) is 5.04. The van der Waals surface area contributed by atoms with Crippen LogP contribution in [-0.4, -0.2) is 20.8 Å². The zero-order valence-electron chi connectivity index (χ0n) is 18.4. The quantitative estimate of drug-likeness (QED) is 0.150. The van der Waals surface area contributed by atoms with Crippen molar-refractivity contribution in [1.82, 2.24) is 9.38 Å². The van der Waals surface area contributed by atoms with Crippen LogP contribution < -0.4 is 0 Å². The Labute approximate surface area is 204 Å². The molecule has 2 heterocycles. The standard InChI is InChI=1S/C25H21ClF3N3OS/c1-16-11-12-32-23(13-16)30-17(2)24(32)22(15-34-21-9-7-20(26)8-10-21)31-33-14-18-3-5-19(6-4-18)25(27,28)29/h3-13H,14-15H2,1-2H3. The van der Waals surface area contributed by atoms with E-state index in [0.717, 1.165) is 39.6 Å². The summed E-state index contributed by atoms with van der Waals surface area (Å²) in [6.07, 6.45) is -2.43. The van der Waals surface area contributed by atoms with Crippen molar-refractivity contribution in [3.63, 3.8) is 0 Å². The Morgan fingerprint density at radius 1 is 1.06 bits per heavy atom. The minimum Gasteiger partial charge on any atom is -0.391 e. The number of hydrogen-bond acceptors (Lipinski definition) is 4. The van der Waals surface area contributed by atoms with Gasteiger partial charge in [-0.3, -0.25) is 4.40 Å². The molecule has 0 N–H and O–H groups in total. The summed E-state index contributed by atoms with van der Waals surface area (Å²) in [4.78, 5) is 11.3. The number of alkyl halides is 3. The fourth-order valence-electron chi connectivity index (χ4n) is 3.41. The highest BCUT2D eigenvalue weighted by Gasteiger charge is 2.29. The van der Waals surface area contributed by atoms with Gasteiger partial charge in [-0.1, -0.05) is 28.9 Å². The first kappa shape index (κ1) is 24.2. The number of halogens is 4. The van der Waals surface area contributed by atoms with E-state index in [2.05, 4.69) is 10.1 Å². The molecule has 0 saturated heterocycles. The normalized spacial score (nSPS) is 12.4. The van der Waals surface area contributed by atoms with E-state index < -0.39 is 11.7 Å². The third-order valence-electron chi connectivity index (χ3n) is 5.11. The second-order valence-corrected chi connectivity index (χ2v) is 9.21. The molecule has 0 unspecified atom stereocenters. The zero-order valence-corrected chi connectivity index (χ0v) is 20.0. The van der Waals surface area contributed by atoms with Crippen molar-refractivity contribution in [3.05, 3.63) is 100.0 Å². The van der Waals surface area contributed by atoms with E-state index in [1.54, 1.807) is 11.8 Å². The van der Waals surface area contributed by atoms with Crippen LogP contribution in [0.3, 0.4) is 0 Å². The van der Waals surface area contributed by atoms with E-state index in [9.17, 15) is 13.2 Å². The van der Waals surface area contributed by atoms with Gasteiger partial charge in [-0.25, -0.2) is 4.98 Å². The SMILES string of the molecule is Cc1ccn2c(C(CSc3ccc(Cl)cc3)=NOCc3ccc(C(F)(F)F)cc3)c(C)nc2c1. The third-order valence-corrected chi connectivity index (χ3v) is 6.38. The molecule has 4 nitrogen and oxygen atoms in total. The number of imidazole rings is 1. The maximum Gasteiger partial charge on any atom is 0.416 e. The van der Waals surface area contributed by atoms with Gasteiger partial charge in [-0.05, 0) is 73.5 Å². The molecule has 0 aliphatic heterocycles. The highest BCUT2D eigenvalue weighted by Crippen LogP contribution is 2.29. The monoisotopic (exact) mass is 503 g/mol. The highest BCUT2D eigenvalue weighted by molar-refractivity contribution is 8.00. The molecule has 34 heavy (non-hydrogen) atoms. The van der Waals surface area contributed by atoms with Gasteiger partial charge >= 0.3 is 6.18 Å². The lowest BCUT2D eigenvalue weighted by atomic mass is 10.1. The zero-order chi connectivity index (χ0) is 24.3. The molecule has 0 atom stereocenters. The highest BCUT2D eigenvalue weighted by atomic mass is 35.5. The van der Waals surface area contributed by atoms with Crippen LogP contribution in [0.4, 0.5) is 13.2 Å². The largest absolute Gasteiger partial charge is 0.416 e. The fraction of sp³-hybridized carbons (Fsp3) is 0.200. The molecule has 0 spiro atoms. The van der Waals surface area contributed by atoms with Crippen molar-refractivity contribution >= 4 is 34.7 Å². The van der Waals surface area contributed by atoms with E-state index in [4.69, 9.17) is 16.4 Å². The minimum atomic E-state index is -4.37. The Bertz CT molecular complexity index is 1320. The van der Waals surface area contributed by atoms with Gasteiger partial charge in [0.1, 0.15) is 18.0 Å². The number of hydrogen-bond donors (Lipinski definition) is 0. The number of benzene rings is 2. The lowest BCUT2D eigenvalue weighted by Crippen LogP contribution is -2.11. The van der Waals surface area contributed by atoms with Gasteiger partial charge in [0.2, 0.25) is 0 Å². The molecule has 0 aliphatic carbocycles. The Balaban J connectivity index is 1.59. The predicted octanol–water partition coefficient (Wildman–Crippen LogP) is 7.34. The number of fused-ring (bicyclic) bond motifs is 1. The van der Waals surface area contributed by atoms with Crippen LogP contribution in [0.2, 0.25) is 5.02 Å². The Kier molecular flexibility index (Phi) is 7.19. The molecule has 0 radical (unpaired) electrons. The first-order valence-electron chi connectivity index (χ1n) is 10.4. The predicted molar refractivity (Wildman–Crippen MR) is 130 cm³/mol. The molecule has 0 bridgehead atoms. The average molecular weight is 504 g/mol. The molecule has 176 valence electrons. The molecule has 0 fully saturated rings. The first-order chi connectivity index (χ1) is 16.2. The van der Waals surface area contributed by atoms with E-state index in [-0.39, 0.29) is 6.61 Å². The maximum absolute atomic E-state index is 12.8. The molecular weight excluding hydrogens is 483 g/mol. The molecule has 9 heteroatoms. The molecule has 0 aliphatic rings. The number of rotatable bonds is 7. The van der Waals surface area contributed by atoms with E-state index in [1.807, 2.05) is 60.8 Å². The van der Waals surface area contributed by atoms with Crippen LogP contribution in [0.1, 0.15) is 28.1 Å². The molecule has 0 saturated carbocycles. The lowest BCUT2D eigenvalue weighted by Gasteiger charge is -2.10.